The molecule has 1 heterocycles. The molecule has 0 aliphatic carbocycles. The van der Waals surface area contributed by atoms with E-state index in [9.17, 15) is 8.42 Å². The van der Waals surface area contributed by atoms with Crippen LogP contribution in [-0.4, -0.2) is 24.2 Å². The molecule has 2 rings (SSSR count). The number of fused-ring (bicyclic) bond motifs is 1. The second-order valence-electron chi connectivity index (χ2n) is 4.20. The number of nitrogens with one attached hydrogen (secondary N) is 1. The topological polar surface area (TPSA) is 54.9 Å². The van der Waals surface area contributed by atoms with E-state index in [1.54, 1.807) is 18.2 Å². The Labute approximate surface area is 111 Å². The van der Waals surface area contributed by atoms with Crippen LogP contribution in [0, 0.1) is 4.77 Å². The standard InChI is InChI=1S/C12H14N2O2S2/c1-4-8(2)14-9-6-5-7-10(18(3,15)16)11(9)13-12(14)17/h4-8H,1H2,2-3H3,(H,13,17). The van der Waals surface area contributed by atoms with Crippen LogP contribution in [0.3, 0.4) is 0 Å². The third-order valence-electron chi connectivity index (χ3n) is 2.86. The van der Waals surface area contributed by atoms with Gasteiger partial charge in [0.15, 0.2) is 14.6 Å². The average Bonchev–Trinajstić information content (AvgIpc) is 2.62. The van der Waals surface area contributed by atoms with Crippen LogP contribution in [-0.2, 0) is 9.84 Å². The summed E-state index contributed by atoms with van der Waals surface area (Å²) in [5.74, 6) is 0. The van der Waals surface area contributed by atoms with Gasteiger partial charge in [-0.3, -0.25) is 0 Å². The van der Waals surface area contributed by atoms with E-state index >= 15 is 0 Å². The van der Waals surface area contributed by atoms with Gasteiger partial charge in [-0.2, -0.15) is 0 Å². The van der Waals surface area contributed by atoms with Crippen LogP contribution in [0.1, 0.15) is 13.0 Å². The molecule has 96 valence electrons. The van der Waals surface area contributed by atoms with Gasteiger partial charge < -0.3 is 9.55 Å². The number of benzene rings is 1. The van der Waals surface area contributed by atoms with Crippen LogP contribution in [0.25, 0.3) is 11.0 Å². The number of hydrogen-bond donors (Lipinski definition) is 1. The number of para-hydroxylation sites is 1. The summed E-state index contributed by atoms with van der Waals surface area (Å²) in [6.45, 7) is 5.68. The first-order valence-corrected chi connectivity index (χ1v) is 7.72. The summed E-state index contributed by atoms with van der Waals surface area (Å²) in [6.07, 6.45) is 2.95. The van der Waals surface area contributed by atoms with Crippen LogP contribution in [0.5, 0.6) is 0 Å². The summed E-state index contributed by atoms with van der Waals surface area (Å²) >= 11 is 5.24. The van der Waals surface area contributed by atoms with Crippen molar-refractivity contribution in [1.82, 2.24) is 9.55 Å². The molecular formula is C12H14N2O2S2. The monoisotopic (exact) mass is 282 g/mol. The number of rotatable bonds is 3. The minimum atomic E-state index is -3.28. The van der Waals surface area contributed by atoms with Gasteiger partial charge in [-0.1, -0.05) is 12.1 Å². The predicted molar refractivity (Wildman–Crippen MR) is 75.1 cm³/mol. The van der Waals surface area contributed by atoms with Gasteiger partial charge >= 0.3 is 0 Å². The van der Waals surface area contributed by atoms with Crippen molar-refractivity contribution in [2.45, 2.75) is 17.9 Å². The first kappa shape index (κ1) is 13.0. The van der Waals surface area contributed by atoms with Gasteiger partial charge in [0.1, 0.15) is 0 Å². The van der Waals surface area contributed by atoms with Crippen molar-refractivity contribution >= 4 is 33.1 Å². The van der Waals surface area contributed by atoms with Crippen LogP contribution in [0.15, 0.2) is 35.7 Å². The van der Waals surface area contributed by atoms with E-state index in [2.05, 4.69) is 11.6 Å². The third kappa shape index (κ3) is 2.02. The molecule has 1 aromatic carbocycles. The number of imidazole rings is 1. The van der Waals surface area contributed by atoms with Gasteiger partial charge in [-0.05, 0) is 31.3 Å². The van der Waals surface area contributed by atoms with Crippen LogP contribution >= 0.6 is 12.2 Å². The Bertz CT molecular complexity index is 769. The van der Waals surface area contributed by atoms with Crippen molar-refractivity contribution in [3.8, 4) is 0 Å². The Kier molecular flexibility index (Phi) is 3.16. The van der Waals surface area contributed by atoms with Crippen molar-refractivity contribution in [3.63, 3.8) is 0 Å². The van der Waals surface area contributed by atoms with Gasteiger partial charge in [0, 0.05) is 6.26 Å². The Hall–Kier alpha value is -1.40. The van der Waals surface area contributed by atoms with Crippen molar-refractivity contribution in [3.05, 3.63) is 35.6 Å². The number of H-pyrrole nitrogens is 1. The van der Waals surface area contributed by atoms with Gasteiger partial charge in [-0.25, -0.2) is 8.42 Å². The number of aromatic amines is 1. The predicted octanol–water partition coefficient (Wildman–Crippen LogP) is 2.85. The van der Waals surface area contributed by atoms with E-state index in [-0.39, 0.29) is 10.9 Å². The van der Waals surface area contributed by atoms with E-state index in [0.29, 0.717) is 10.3 Å². The maximum atomic E-state index is 11.7. The Morgan fingerprint density at radius 3 is 2.72 bits per heavy atom. The largest absolute Gasteiger partial charge is 0.329 e. The molecule has 0 fully saturated rings. The average molecular weight is 282 g/mol. The summed E-state index contributed by atoms with van der Waals surface area (Å²) in [5, 5.41) is 0. The molecule has 6 heteroatoms. The zero-order chi connectivity index (χ0) is 13.5. The van der Waals surface area contributed by atoms with Gasteiger partial charge in [0.2, 0.25) is 0 Å². The molecule has 0 amide bonds. The normalized spacial score (nSPS) is 13.7. The van der Waals surface area contributed by atoms with E-state index in [1.807, 2.05) is 17.6 Å². The molecule has 0 bridgehead atoms. The fourth-order valence-electron chi connectivity index (χ4n) is 1.94. The van der Waals surface area contributed by atoms with Crippen molar-refractivity contribution < 1.29 is 8.42 Å². The zero-order valence-corrected chi connectivity index (χ0v) is 11.8. The lowest BCUT2D eigenvalue weighted by Gasteiger charge is -2.09. The van der Waals surface area contributed by atoms with Crippen LogP contribution < -0.4 is 0 Å². The third-order valence-corrected chi connectivity index (χ3v) is 4.30. The minimum Gasteiger partial charge on any atom is -0.329 e. The molecule has 0 saturated heterocycles. The molecule has 1 unspecified atom stereocenters. The molecule has 4 nitrogen and oxygen atoms in total. The van der Waals surface area contributed by atoms with E-state index in [0.717, 1.165) is 5.52 Å². The molecule has 0 spiro atoms. The highest BCUT2D eigenvalue weighted by Gasteiger charge is 2.16. The SMILES string of the molecule is C=CC(C)n1c(=S)[nH]c2c(S(C)(=O)=O)cccc21. The molecule has 1 N–H and O–H groups in total. The second-order valence-corrected chi connectivity index (χ2v) is 6.57. The quantitative estimate of drug-likeness (QED) is 0.695. The van der Waals surface area contributed by atoms with Crippen LogP contribution in [0.2, 0.25) is 0 Å². The highest BCUT2D eigenvalue weighted by Crippen LogP contribution is 2.25. The highest BCUT2D eigenvalue weighted by molar-refractivity contribution is 7.91. The number of hydrogen-bond acceptors (Lipinski definition) is 3. The van der Waals surface area contributed by atoms with Crippen molar-refractivity contribution in [2.24, 2.45) is 0 Å². The van der Waals surface area contributed by atoms with E-state index in [4.69, 9.17) is 12.2 Å². The lowest BCUT2D eigenvalue weighted by molar-refractivity contribution is 0.602. The van der Waals surface area contributed by atoms with Crippen LogP contribution in [0.4, 0.5) is 0 Å². The molecular weight excluding hydrogens is 268 g/mol. The Morgan fingerprint density at radius 1 is 1.50 bits per heavy atom. The smallest absolute Gasteiger partial charge is 0.178 e. The molecule has 0 aliphatic rings. The van der Waals surface area contributed by atoms with Gasteiger partial charge in [0.25, 0.3) is 0 Å². The van der Waals surface area contributed by atoms with Crippen molar-refractivity contribution in [2.75, 3.05) is 6.26 Å². The molecule has 0 aliphatic heterocycles. The summed E-state index contributed by atoms with van der Waals surface area (Å²) < 4.78 is 25.8. The number of aromatic nitrogens is 2. The number of nitrogens with zero attached hydrogens (tertiary/aromatic N) is 1. The Morgan fingerprint density at radius 2 is 2.17 bits per heavy atom. The van der Waals surface area contributed by atoms with E-state index < -0.39 is 9.84 Å². The molecule has 1 atom stereocenters. The molecule has 1 aromatic heterocycles. The fourth-order valence-corrected chi connectivity index (χ4v) is 3.16. The molecule has 2 aromatic rings. The number of allylic oxidation sites excluding steroid dienone is 1. The summed E-state index contributed by atoms with van der Waals surface area (Å²) in [6, 6.07) is 5.14. The van der Waals surface area contributed by atoms with Crippen molar-refractivity contribution in [1.29, 1.82) is 0 Å². The first-order chi connectivity index (χ1) is 8.36. The Balaban J connectivity index is 2.92. The molecule has 0 saturated carbocycles. The lowest BCUT2D eigenvalue weighted by Crippen LogP contribution is -2.02. The molecule has 0 radical (unpaired) electrons. The van der Waals surface area contributed by atoms with E-state index in [1.165, 1.54) is 6.26 Å². The summed E-state index contributed by atoms with van der Waals surface area (Å²) in [4.78, 5) is 3.23. The first-order valence-electron chi connectivity index (χ1n) is 5.42. The zero-order valence-electron chi connectivity index (χ0n) is 10.2. The maximum absolute atomic E-state index is 11.7. The van der Waals surface area contributed by atoms with Gasteiger partial charge in [-0.15, -0.1) is 6.58 Å². The minimum absolute atomic E-state index is 0.000982. The molecule has 18 heavy (non-hydrogen) atoms. The second kappa shape index (κ2) is 4.37. The fraction of sp³-hybridized carbons (Fsp3) is 0.250. The lowest BCUT2D eigenvalue weighted by atomic mass is 10.3. The number of sulfone groups is 1. The summed E-state index contributed by atoms with van der Waals surface area (Å²) in [5.41, 5.74) is 1.33. The van der Waals surface area contributed by atoms with Gasteiger partial charge in [0.05, 0.1) is 22.0 Å². The summed E-state index contributed by atoms with van der Waals surface area (Å²) in [7, 11) is -3.28. The maximum Gasteiger partial charge on any atom is 0.178 e. The highest BCUT2D eigenvalue weighted by atomic mass is 32.2.